The Labute approximate surface area is 52.6 Å². The Kier molecular flexibility index (Phi) is 1.91. The summed E-state index contributed by atoms with van der Waals surface area (Å²) < 4.78 is 5.06. The van der Waals surface area contributed by atoms with Gasteiger partial charge in [0, 0.05) is 0 Å². The van der Waals surface area contributed by atoms with Crippen molar-refractivity contribution in [3.63, 3.8) is 0 Å². The highest BCUT2D eigenvalue weighted by Crippen LogP contribution is 2.23. The molecular formula is C5H7O2S. The fourth-order valence-corrected chi connectivity index (χ4v) is 1.43. The molecule has 0 N–H and O–H groups in total. The number of hydrogen-bond donors (Lipinski definition) is 0. The molecule has 2 nitrogen and oxygen atoms in total. The molecule has 1 saturated heterocycles. The predicted molar refractivity (Wildman–Crippen MR) is 32.5 cm³/mol. The molecule has 2 unspecified atom stereocenters. The van der Waals surface area contributed by atoms with Crippen LogP contribution in [0.1, 0.15) is 6.92 Å². The van der Waals surface area contributed by atoms with Crippen LogP contribution in [-0.2, 0) is 9.53 Å². The lowest BCUT2D eigenvalue weighted by Crippen LogP contribution is -2.15. The minimum Gasteiger partial charge on any atom is -0.366 e. The van der Waals surface area contributed by atoms with Gasteiger partial charge in [0.2, 0.25) is 6.29 Å². The van der Waals surface area contributed by atoms with Crippen LogP contribution in [0, 0.1) is 0 Å². The van der Waals surface area contributed by atoms with Gasteiger partial charge >= 0.3 is 0 Å². The fourth-order valence-electron chi connectivity index (χ4n) is 0.573. The normalized spacial score (nSPS) is 37.6. The number of carbonyl (C=O) groups excluding carboxylic acids is 1. The van der Waals surface area contributed by atoms with Crippen LogP contribution in [0.2, 0.25) is 0 Å². The third-order valence-corrected chi connectivity index (χ3v) is 2.23. The monoisotopic (exact) mass is 131 g/mol. The van der Waals surface area contributed by atoms with Crippen LogP contribution in [0.25, 0.3) is 0 Å². The van der Waals surface area contributed by atoms with Crippen LogP contribution < -0.4 is 0 Å². The van der Waals surface area contributed by atoms with Gasteiger partial charge in [0.05, 0.1) is 17.3 Å². The Morgan fingerprint density at radius 2 is 2.62 bits per heavy atom. The van der Waals surface area contributed by atoms with Crippen LogP contribution in [-0.4, -0.2) is 23.6 Å². The van der Waals surface area contributed by atoms with Crippen molar-refractivity contribution in [3.8, 4) is 0 Å². The zero-order valence-electron chi connectivity index (χ0n) is 4.59. The van der Waals surface area contributed by atoms with Gasteiger partial charge in [-0.15, -0.1) is 11.8 Å². The summed E-state index contributed by atoms with van der Waals surface area (Å²) >= 11 is 1.50. The van der Waals surface area contributed by atoms with Crippen molar-refractivity contribution in [2.24, 2.45) is 0 Å². The lowest BCUT2D eigenvalue weighted by Gasteiger charge is -2.00. The van der Waals surface area contributed by atoms with Crippen molar-refractivity contribution in [1.82, 2.24) is 0 Å². The van der Waals surface area contributed by atoms with E-state index in [1.54, 1.807) is 0 Å². The average molecular weight is 131 g/mol. The molecule has 1 rings (SSSR count). The van der Waals surface area contributed by atoms with Crippen molar-refractivity contribution in [2.75, 3.05) is 5.94 Å². The van der Waals surface area contributed by atoms with Gasteiger partial charge in [0.25, 0.3) is 0 Å². The van der Waals surface area contributed by atoms with Gasteiger partial charge in [-0.3, -0.25) is 4.79 Å². The second-order valence-corrected chi connectivity index (χ2v) is 2.77. The quantitative estimate of drug-likeness (QED) is 0.520. The molecule has 1 aliphatic rings. The molecule has 1 heterocycles. The first-order chi connectivity index (χ1) is 3.84. The van der Waals surface area contributed by atoms with Crippen LogP contribution >= 0.6 is 11.8 Å². The largest absolute Gasteiger partial charge is 0.366 e. The molecule has 1 aliphatic heterocycles. The summed E-state index contributed by atoms with van der Waals surface area (Å²) in [6.45, 7) is 1.88. The van der Waals surface area contributed by atoms with Crippen molar-refractivity contribution in [2.45, 2.75) is 18.3 Å². The highest BCUT2D eigenvalue weighted by Gasteiger charge is 2.24. The van der Waals surface area contributed by atoms with E-state index in [1.165, 1.54) is 11.8 Å². The van der Waals surface area contributed by atoms with E-state index in [4.69, 9.17) is 4.74 Å². The van der Waals surface area contributed by atoms with Gasteiger partial charge < -0.3 is 4.74 Å². The summed E-state index contributed by atoms with van der Waals surface area (Å²) in [5.41, 5.74) is 0. The molecule has 0 aromatic rings. The SMILES string of the molecule is CC1OCSC1[C]=O. The molecule has 0 aromatic carbocycles. The molecular weight excluding hydrogens is 124 g/mol. The minimum atomic E-state index is -0.0463. The highest BCUT2D eigenvalue weighted by atomic mass is 32.2. The molecule has 3 heteroatoms. The number of rotatable bonds is 1. The lowest BCUT2D eigenvalue weighted by atomic mass is 10.3. The Bertz CT molecular complexity index is 94.4. The van der Waals surface area contributed by atoms with E-state index in [0.717, 1.165) is 0 Å². The summed E-state index contributed by atoms with van der Waals surface area (Å²) in [6.07, 6.45) is 1.97. The van der Waals surface area contributed by atoms with Crippen molar-refractivity contribution < 1.29 is 9.53 Å². The van der Waals surface area contributed by atoms with E-state index in [9.17, 15) is 4.79 Å². The van der Waals surface area contributed by atoms with E-state index in [2.05, 4.69) is 0 Å². The van der Waals surface area contributed by atoms with Crippen molar-refractivity contribution >= 4 is 18.0 Å². The average Bonchev–Trinajstić information content (AvgIpc) is 2.14. The molecule has 45 valence electrons. The standard InChI is InChI=1S/C5H7O2S/c1-4-5(2-6)8-3-7-4/h4-5H,3H2,1H3. The Hall–Kier alpha value is -0.0200. The van der Waals surface area contributed by atoms with Crippen LogP contribution in [0.15, 0.2) is 0 Å². The highest BCUT2D eigenvalue weighted by molar-refractivity contribution is 8.00. The number of hydrogen-bond acceptors (Lipinski definition) is 3. The van der Waals surface area contributed by atoms with E-state index < -0.39 is 0 Å². The van der Waals surface area contributed by atoms with Crippen molar-refractivity contribution in [1.29, 1.82) is 0 Å². The predicted octanol–water partition coefficient (Wildman–Crippen LogP) is 0.574. The molecule has 1 fully saturated rings. The molecule has 0 saturated carbocycles. The van der Waals surface area contributed by atoms with E-state index in [-0.39, 0.29) is 11.4 Å². The Morgan fingerprint density at radius 3 is 2.88 bits per heavy atom. The summed E-state index contributed by atoms with van der Waals surface area (Å²) in [4.78, 5) is 9.99. The first kappa shape index (κ1) is 6.11. The lowest BCUT2D eigenvalue weighted by molar-refractivity contribution is 0.131. The van der Waals surface area contributed by atoms with Gasteiger partial charge in [0.15, 0.2) is 0 Å². The number of thioether (sulfide) groups is 1. The minimum absolute atomic E-state index is 0.0463. The van der Waals surface area contributed by atoms with Gasteiger partial charge in [-0.05, 0) is 6.92 Å². The van der Waals surface area contributed by atoms with Gasteiger partial charge in [0.1, 0.15) is 0 Å². The Morgan fingerprint density at radius 1 is 1.88 bits per heavy atom. The van der Waals surface area contributed by atoms with E-state index in [1.807, 2.05) is 13.2 Å². The maximum atomic E-state index is 9.99. The molecule has 1 radical (unpaired) electrons. The molecule has 2 atom stereocenters. The van der Waals surface area contributed by atoms with Crippen LogP contribution in [0.3, 0.4) is 0 Å². The molecule has 0 aromatic heterocycles. The summed E-state index contributed by atoms with van der Waals surface area (Å²) in [5.74, 6) is 0.640. The maximum Gasteiger partial charge on any atom is 0.215 e. The van der Waals surface area contributed by atoms with Gasteiger partial charge in [-0.25, -0.2) is 0 Å². The zero-order valence-corrected chi connectivity index (χ0v) is 5.40. The maximum absolute atomic E-state index is 9.99. The molecule has 0 spiro atoms. The third kappa shape index (κ3) is 1.03. The summed E-state index contributed by atoms with van der Waals surface area (Å²) in [6, 6.07) is 0. The topological polar surface area (TPSA) is 26.3 Å². The van der Waals surface area contributed by atoms with E-state index in [0.29, 0.717) is 5.94 Å². The molecule has 0 aliphatic carbocycles. The first-order valence-electron chi connectivity index (χ1n) is 2.45. The van der Waals surface area contributed by atoms with Gasteiger partial charge in [-0.1, -0.05) is 0 Å². The fraction of sp³-hybridized carbons (Fsp3) is 0.800. The third-order valence-electron chi connectivity index (χ3n) is 1.12. The van der Waals surface area contributed by atoms with Crippen LogP contribution in [0.5, 0.6) is 0 Å². The second kappa shape index (κ2) is 2.51. The molecule has 0 bridgehead atoms. The first-order valence-corrected chi connectivity index (χ1v) is 3.50. The second-order valence-electron chi connectivity index (χ2n) is 1.69. The smallest absolute Gasteiger partial charge is 0.215 e. The Balaban J connectivity index is 2.41. The van der Waals surface area contributed by atoms with Gasteiger partial charge in [-0.2, -0.15) is 0 Å². The van der Waals surface area contributed by atoms with Crippen LogP contribution in [0.4, 0.5) is 0 Å². The molecule has 8 heavy (non-hydrogen) atoms. The molecule has 0 amide bonds. The van der Waals surface area contributed by atoms with E-state index >= 15 is 0 Å². The van der Waals surface area contributed by atoms with Crippen molar-refractivity contribution in [3.05, 3.63) is 0 Å². The summed E-state index contributed by atoms with van der Waals surface area (Å²) in [5, 5.41) is -0.0463. The summed E-state index contributed by atoms with van der Waals surface area (Å²) in [7, 11) is 0. The zero-order chi connectivity index (χ0) is 5.98. The number of ether oxygens (including phenoxy) is 1.